The lowest BCUT2D eigenvalue weighted by atomic mass is 9.71. The van der Waals surface area contributed by atoms with Gasteiger partial charge in [0, 0.05) is 17.8 Å². The number of fused-ring (bicyclic) bond motifs is 1. The molecule has 0 aromatic heterocycles. The number of likely N-dealkylation sites (tertiary alicyclic amines) is 1. The fraction of sp³-hybridized carbons (Fsp3) is 0.500. The number of nitrogens with two attached hydrogens (primary N) is 1. The molecule has 2 N–H and O–H groups in total. The highest BCUT2D eigenvalue weighted by Gasteiger charge is 2.55. The molecule has 1 unspecified atom stereocenters. The second kappa shape index (κ2) is 6.27. The lowest BCUT2D eigenvalue weighted by Gasteiger charge is -2.48. The van der Waals surface area contributed by atoms with Crippen LogP contribution < -0.4 is 5.73 Å². The van der Waals surface area contributed by atoms with Gasteiger partial charge in [-0.3, -0.25) is 9.59 Å². The molecule has 24 heavy (non-hydrogen) atoms. The molecule has 0 bridgehead atoms. The average Bonchev–Trinajstić information content (AvgIpc) is 2.50. The van der Waals surface area contributed by atoms with Crippen molar-refractivity contribution in [2.75, 3.05) is 12.3 Å². The third-order valence-corrected chi connectivity index (χ3v) is 4.84. The molecule has 1 heterocycles. The standard InChI is InChI=1S/C16H17F3N2O2.ClH/c17-16(18,19)14(23)21-8-2-1-6-15(21)7-5-10-3-4-11(20)9-12(10)13(15)22;/h3-4,9H,1-2,5-8,20H2;1H. The molecule has 8 heteroatoms. The number of nitrogen functional groups attached to an aromatic ring is 1. The number of ketones is 1. The van der Waals surface area contributed by atoms with E-state index >= 15 is 0 Å². The normalized spacial score (nSPS) is 23.6. The number of aryl methyl sites for hydroxylation is 1. The smallest absolute Gasteiger partial charge is 0.399 e. The Morgan fingerprint density at radius 2 is 1.92 bits per heavy atom. The summed E-state index contributed by atoms with van der Waals surface area (Å²) in [7, 11) is 0. The van der Waals surface area contributed by atoms with E-state index < -0.39 is 23.4 Å². The first-order valence-electron chi connectivity index (χ1n) is 7.58. The Bertz CT molecular complexity index is 678. The lowest BCUT2D eigenvalue weighted by Crippen LogP contribution is -2.63. The molecule has 1 aromatic carbocycles. The van der Waals surface area contributed by atoms with Crippen molar-refractivity contribution in [3.05, 3.63) is 29.3 Å². The van der Waals surface area contributed by atoms with E-state index in [4.69, 9.17) is 5.73 Å². The van der Waals surface area contributed by atoms with Crippen molar-refractivity contribution in [2.45, 2.75) is 43.8 Å². The van der Waals surface area contributed by atoms with Crippen LogP contribution in [0.25, 0.3) is 0 Å². The number of alkyl halides is 3. The number of amides is 1. The second-order valence-corrected chi connectivity index (χ2v) is 6.19. The first-order valence-corrected chi connectivity index (χ1v) is 7.58. The van der Waals surface area contributed by atoms with Crippen molar-refractivity contribution < 1.29 is 22.8 Å². The fourth-order valence-electron chi connectivity index (χ4n) is 3.71. The molecule has 1 spiro atoms. The predicted octanol–water partition coefficient (Wildman–Crippen LogP) is 3.13. The molecule has 132 valence electrons. The van der Waals surface area contributed by atoms with Gasteiger partial charge in [0.25, 0.3) is 0 Å². The Morgan fingerprint density at radius 1 is 1.21 bits per heavy atom. The van der Waals surface area contributed by atoms with Crippen molar-refractivity contribution in [1.82, 2.24) is 4.90 Å². The number of Topliss-reactive ketones (excluding diaryl/α,β-unsaturated/α-hetero) is 1. The highest BCUT2D eigenvalue weighted by Crippen LogP contribution is 2.42. The van der Waals surface area contributed by atoms with Crippen LogP contribution >= 0.6 is 12.4 Å². The summed E-state index contributed by atoms with van der Waals surface area (Å²) in [4.78, 5) is 25.6. The molecule has 2 aliphatic rings. The van der Waals surface area contributed by atoms with Gasteiger partial charge in [-0.1, -0.05) is 6.07 Å². The predicted molar refractivity (Wildman–Crippen MR) is 85.1 cm³/mol. The molecule has 1 fully saturated rings. The van der Waals surface area contributed by atoms with Crippen LogP contribution in [0.5, 0.6) is 0 Å². The number of nitrogens with zero attached hydrogens (tertiary/aromatic N) is 1. The van der Waals surface area contributed by atoms with Crippen LogP contribution in [0.1, 0.15) is 41.6 Å². The number of anilines is 1. The largest absolute Gasteiger partial charge is 0.471 e. The van der Waals surface area contributed by atoms with E-state index in [-0.39, 0.29) is 31.8 Å². The van der Waals surface area contributed by atoms with Crippen LogP contribution in [-0.4, -0.2) is 34.9 Å². The summed E-state index contributed by atoms with van der Waals surface area (Å²) in [6.07, 6.45) is -2.91. The summed E-state index contributed by atoms with van der Waals surface area (Å²) in [5, 5.41) is 0. The van der Waals surface area contributed by atoms with E-state index in [1.807, 2.05) is 0 Å². The molecule has 1 aliphatic carbocycles. The molecular formula is C16H18ClF3N2O2. The summed E-state index contributed by atoms with van der Waals surface area (Å²) in [6, 6.07) is 4.90. The van der Waals surface area contributed by atoms with Gasteiger partial charge in [0.15, 0.2) is 5.78 Å². The van der Waals surface area contributed by atoms with Crippen LogP contribution in [-0.2, 0) is 11.2 Å². The number of hydrogen-bond donors (Lipinski definition) is 1. The zero-order chi connectivity index (χ0) is 16.8. The summed E-state index contributed by atoms with van der Waals surface area (Å²) >= 11 is 0. The van der Waals surface area contributed by atoms with E-state index in [0.29, 0.717) is 30.5 Å². The maximum atomic E-state index is 13.0. The van der Waals surface area contributed by atoms with Gasteiger partial charge in [0.1, 0.15) is 5.54 Å². The van der Waals surface area contributed by atoms with Gasteiger partial charge >= 0.3 is 12.1 Å². The van der Waals surface area contributed by atoms with Gasteiger partial charge < -0.3 is 10.6 Å². The van der Waals surface area contributed by atoms with E-state index in [1.165, 1.54) is 6.07 Å². The molecule has 0 saturated carbocycles. The van der Waals surface area contributed by atoms with Gasteiger partial charge in [-0.15, -0.1) is 12.4 Å². The highest BCUT2D eigenvalue weighted by molar-refractivity contribution is 6.08. The number of benzene rings is 1. The number of piperidine rings is 1. The number of carbonyl (C=O) groups excluding carboxylic acids is 2. The quantitative estimate of drug-likeness (QED) is 0.721. The summed E-state index contributed by atoms with van der Waals surface area (Å²) in [5.41, 5.74) is 5.84. The fourth-order valence-corrected chi connectivity index (χ4v) is 3.71. The van der Waals surface area contributed by atoms with E-state index in [9.17, 15) is 22.8 Å². The molecule has 0 radical (unpaired) electrons. The summed E-state index contributed by atoms with van der Waals surface area (Å²) < 4.78 is 38.8. The number of halogens is 4. The Kier molecular flexibility index (Phi) is 4.86. The van der Waals surface area contributed by atoms with Gasteiger partial charge in [-0.05, 0) is 49.8 Å². The molecule has 3 rings (SSSR count). The van der Waals surface area contributed by atoms with Crippen molar-refractivity contribution in [1.29, 1.82) is 0 Å². The monoisotopic (exact) mass is 362 g/mol. The van der Waals surface area contributed by atoms with E-state index in [2.05, 4.69) is 0 Å². The van der Waals surface area contributed by atoms with Crippen molar-refractivity contribution >= 4 is 29.8 Å². The number of rotatable bonds is 0. The van der Waals surface area contributed by atoms with Crippen molar-refractivity contribution in [2.24, 2.45) is 0 Å². The zero-order valence-corrected chi connectivity index (χ0v) is 13.7. The van der Waals surface area contributed by atoms with Crippen LogP contribution in [0.15, 0.2) is 18.2 Å². The first kappa shape index (κ1) is 18.6. The molecular weight excluding hydrogens is 345 g/mol. The van der Waals surface area contributed by atoms with Crippen LogP contribution in [0.4, 0.5) is 18.9 Å². The van der Waals surface area contributed by atoms with Gasteiger partial charge in [0.05, 0.1) is 0 Å². The maximum absolute atomic E-state index is 13.0. The summed E-state index contributed by atoms with van der Waals surface area (Å²) in [5.74, 6) is -2.33. The zero-order valence-electron chi connectivity index (χ0n) is 12.9. The maximum Gasteiger partial charge on any atom is 0.471 e. The van der Waals surface area contributed by atoms with E-state index in [1.54, 1.807) is 12.1 Å². The van der Waals surface area contributed by atoms with Crippen molar-refractivity contribution in [3.8, 4) is 0 Å². The minimum atomic E-state index is -4.97. The van der Waals surface area contributed by atoms with Crippen LogP contribution in [0.2, 0.25) is 0 Å². The van der Waals surface area contributed by atoms with Crippen LogP contribution in [0, 0.1) is 0 Å². The van der Waals surface area contributed by atoms with Gasteiger partial charge in [-0.2, -0.15) is 13.2 Å². The Balaban J connectivity index is 0.00000208. The number of hydrogen-bond acceptors (Lipinski definition) is 3. The minimum absolute atomic E-state index is 0. The third kappa shape index (κ3) is 2.85. The summed E-state index contributed by atoms with van der Waals surface area (Å²) in [6.45, 7) is -0.0399. The second-order valence-electron chi connectivity index (χ2n) is 6.19. The topological polar surface area (TPSA) is 63.4 Å². The Morgan fingerprint density at radius 3 is 2.58 bits per heavy atom. The third-order valence-electron chi connectivity index (χ3n) is 4.84. The van der Waals surface area contributed by atoms with Gasteiger partial charge in [0.2, 0.25) is 0 Å². The first-order chi connectivity index (χ1) is 10.8. The molecule has 1 atom stereocenters. The molecule has 1 aromatic rings. The highest BCUT2D eigenvalue weighted by atomic mass is 35.5. The van der Waals surface area contributed by atoms with Gasteiger partial charge in [-0.25, -0.2) is 0 Å². The van der Waals surface area contributed by atoms with Crippen molar-refractivity contribution in [3.63, 3.8) is 0 Å². The Hall–Kier alpha value is -1.76. The molecule has 1 amide bonds. The lowest BCUT2D eigenvalue weighted by molar-refractivity contribution is -0.192. The Labute approximate surface area is 143 Å². The minimum Gasteiger partial charge on any atom is -0.399 e. The molecule has 4 nitrogen and oxygen atoms in total. The SMILES string of the molecule is Cl.Nc1ccc2c(c1)C(=O)C1(CCCCN1C(=O)C(F)(F)F)CC2. The van der Waals surface area contributed by atoms with E-state index in [0.717, 1.165) is 10.5 Å². The molecule has 1 saturated heterocycles. The molecule has 1 aliphatic heterocycles. The van der Waals surface area contributed by atoms with Crippen LogP contribution in [0.3, 0.4) is 0 Å². The average molecular weight is 363 g/mol. The number of carbonyl (C=O) groups is 2.